The number of hydrogen-bond donors (Lipinski definition) is 0. The van der Waals surface area contributed by atoms with Gasteiger partial charge in [-0.3, -0.25) is 0 Å². The lowest BCUT2D eigenvalue weighted by atomic mass is 10.3. The highest BCUT2D eigenvalue weighted by Crippen LogP contribution is 2.05. The van der Waals surface area contributed by atoms with Gasteiger partial charge in [-0.25, -0.2) is 0 Å². The van der Waals surface area contributed by atoms with E-state index in [2.05, 4.69) is 0 Å². The molecule has 0 saturated heterocycles. The predicted octanol–water partition coefficient (Wildman–Crippen LogP) is 1.70. The Labute approximate surface area is 51.7 Å². The summed E-state index contributed by atoms with van der Waals surface area (Å²) in [7, 11) is -1.23. The van der Waals surface area contributed by atoms with Crippen LogP contribution in [-0.2, 0) is 0 Å². The van der Waals surface area contributed by atoms with E-state index >= 15 is 0 Å². The van der Waals surface area contributed by atoms with E-state index in [0.717, 1.165) is 0 Å². The van der Waals surface area contributed by atoms with E-state index in [1.54, 1.807) is 24.3 Å². The van der Waals surface area contributed by atoms with Gasteiger partial charge in [0.15, 0.2) is 0 Å². The molecule has 0 N–H and O–H groups in total. The molecule has 0 aromatic heterocycles. The molecule has 8 heavy (non-hydrogen) atoms. The molecule has 1 rings (SSSR count). The van der Waals surface area contributed by atoms with Crippen LogP contribution in [0.15, 0.2) is 30.3 Å². The second-order valence-electron chi connectivity index (χ2n) is 1.43. The number of ether oxygens (including phenoxy) is 1. The maximum absolute atomic E-state index is 6.76. The monoisotopic (exact) mass is 110 g/mol. The summed E-state index contributed by atoms with van der Waals surface area (Å²) in [5.74, 6) is 0.567. The first kappa shape index (κ1) is 3.13. The van der Waals surface area contributed by atoms with Crippen molar-refractivity contribution in [1.29, 1.82) is 0 Å². The summed E-state index contributed by atoms with van der Waals surface area (Å²) in [6.45, 7) is 0. The largest absolute Gasteiger partial charge is 0.497 e. The standard InChI is InChI=1S/C7H8O/c1-8-7-5-3-2-4-6-7/h2-6H,1H3/i1D2. The zero-order chi connectivity index (χ0) is 7.40. The van der Waals surface area contributed by atoms with Gasteiger partial charge in [0.25, 0.3) is 0 Å². The minimum absolute atomic E-state index is 0.567. The molecule has 0 radical (unpaired) electrons. The van der Waals surface area contributed by atoms with E-state index in [1.807, 2.05) is 6.07 Å². The summed E-state index contributed by atoms with van der Waals surface area (Å²) >= 11 is 0. The molecule has 0 aliphatic carbocycles. The third-order valence-electron chi connectivity index (χ3n) is 0.879. The lowest BCUT2D eigenvalue weighted by Crippen LogP contribution is -1.78. The molecular weight excluding hydrogens is 100 g/mol. The molecule has 0 fully saturated rings. The van der Waals surface area contributed by atoms with Crippen LogP contribution in [0.25, 0.3) is 0 Å². The van der Waals surface area contributed by atoms with Gasteiger partial charge in [-0.1, -0.05) is 18.2 Å². The Bertz CT molecular complexity index is 186. The van der Waals surface area contributed by atoms with E-state index in [0.29, 0.717) is 5.75 Å². The minimum Gasteiger partial charge on any atom is -0.497 e. The van der Waals surface area contributed by atoms with Gasteiger partial charge in [0.2, 0.25) is 0 Å². The van der Waals surface area contributed by atoms with Crippen molar-refractivity contribution in [3.8, 4) is 5.75 Å². The minimum atomic E-state index is -1.23. The van der Waals surface area contributed by atoms with Gasteiger partial charge in [0.1, 0.15) is 5.75 Å². The number of methoxy groups -OCH3 is 1. The van der Waals surface area contributed by atoms with E-state index in [1.165, 1.54) is 0 Å². The van der Waals surface area contributed by atoms with Gasteiger partial charge in [0.05, 0.1) is 9.80 Å². The van der Waals surface area contributed by atoms with Crippen molar-refractivity contribution < 1.29 is 7.48 Å². The molecule has 42 valence electrons. The lowest BCUT2D eigenvalue weighted by Gasteiger charge is -1.93. The highest BCUT2D eigenvalue weighted by Gasteiger charge is 1.80. The molecule has 0 amide bonds. The molecule has 1 aromatic rings. The summed E-state index contributed by atoms with van der Waals surface area (Å²) < 4.78 is 18.3. The SMILES string of the molecule is [2H]C([2H])Oc1ccccc1. The van der Waals surface area contributed by atoms with Crippen LogP contribution >= 0.6 is 0 Å². The Morgan fingerprint density at radius 3 is 2.75 bits per heavy atom. The summed E-state index contributed by atoms with van der Waals surface area (Å²) in [5.41, 5.74) is 0. The van der Waals surface area contributed by atoms with Gasteiger partial charge in [-0.15, -0.1) is 0 Å². The summed E-state index contributed by atoms with van der Waals surface area (Å²) in [4.78, 5) is 0. The smallest absolute Gasteiger partial charge is 0.118 e. The Balaban J connectivity index is 2.59. The third-order valence-corrected chi connectivity index (χ3v) is 0.879. The Kier molecular flexibility index (Phi) is 0.922. The maximum Gasteiger partial charge on any atom is 0.118 e. The number of benzene rings is 1. The van der Waals surface area contributed by atoms with Crippen LogP contribution in [0.5, 0.6) is 5.75 Å². The molecule has 0 saturated carbocycles. The van der Waals surface area contributed by atoms with E-state index in [-0.39, 0.29) is 0 Å². The first-order valence-electron chi connectivity index (χ1n) is 3.51. The number of rotatable bonds is 1. The molecular formula is C7H8O. The van der Waals surface area contributed by atoms with Crippen molar-refractivity contribution in [1.82, 2.24) is 0 Å². The third kappa shape index (κ3) is 0.997. The van der Waals surface area contributed by atoms with Gasteiger partial charge in [-0.05, 0) is 12.1 Å². The quantitative estimate of drug-likeness (QED) is 0.534. The fraction of sp³-hybridized carbons (Fsp3) is 0.143. The van der Waals surface area contributed by atoms with Gasteiger partial charge in [0, 0.05) is 0 Å². The second-order valence-corrected chi connectivity index (χ2v) is 1.43. The molecule has 0 unspecified atom stereocenters. The Morgan fingerprint density at radius 2 is 2.12 bits per heavy atom. The molecule has 0 atom stereocenters. The van der Waals surface area contributed by atoms with Crippen molar-refractivity contribution >= 4 is 0 Å². The normalized spacial score (nSPS) is 12.6. The fourth-order valence-electron chi connectivity index (χ4n) is 0.499. The molecule has 0 aliphatic heterocycles. The Hall–Kier alpha value is -0.980. The van der Waals surface area contributed by atoms with Crippen LogP contribution in [0.3, 0.4) is 0 Å². The fourth-order valence-corrected chi connectivity index (χ4v) is 0.499. The van der Waals surface area contributed by atoms with E-state index in [9.17, 15) is 0 Å². The van der Waals surface area contributed by atoms with Crippen molar-refractivity contribution in [3.63, 3.8) is 0 Å². The molecule has 0 aliphatic rings. The Morgan fingerprint density at radius 1 is 1.38 bits per heavy atom. The van der Waals surface area contributed by atoms with Gasteiger partial charge >= 0.3 is 0 Å². The van der Waals surface area contributed by atoms with Crippen molar-refractivity contribution in [2.24, 2.45) is 0 Å². The number of hydrogen-bond acceptors (Lipinski definition) is 1. The predicted molar refractivity (Wildman–Crippen MR) is 33.0 cm³/mol. The summed E-state index contributed by atoms with van der Waals surface area (Å²) in [6.07, 6.45) is 0. The molecule has 1 nitrogen and oxygen atoms in total. The van der Waals surface area contributed by atoms with Gasteiger partial charge in [-0.2, -0.15) is 0 Å². The molecule has 1 heteroatoms. The van der Waals surface area contributed by atoms with Crippen LogP contribution in [0, 0.1) is 0 Å². The maximum atomic E-state index is 6.76. The number of para-hydroxylation sites is 1. The average molecular weight is 110 g/mol. The van der Waals surface area contributed by atoms with Gasteiger partial charge < -0.3 is 4.74 Å². The molecule has 1 aromatic carbocycles. The van der Waals surface area contributed by atoms with Crippen LogP contribution in [0.1, 0.15) is 2.74 Å². The second kappa shape index (κ2) is 2.36. The van der Waals surface area contributed by atoms with Crippen LogP contribution in [0.2, 0.25) is 0 Å². The molecule has 0 bridgehead atoms. The highest BCUT2D eigenvalue weighted by atomic mass is 16.5. The van der Waals surface area contributed by atoms with Crippen molar-refractivity contribution in [2.45, 2.75) is 0 Å². The summed E-state index contributed by atoms with van der Waals surface area (Å²) in [5, 5.41) is 0. The van der Waals surface area contributed by atoms with Crippen LogP contribution < -0.4 is 4.74 Å². The first-order chi connectivity index (χ1) is 4.79. The zero-order valence-electron chi connectivity index (χ0n) is 6.37. The highest BCUT2D eigenvalue weighted by molar-refractivity contribution is 5.20. The average Bonchev–Trinajstić information content (AvgIpc) is 1.88. The first-order valence-corrected chi connectivity index (χ1v) is 2.35. The summed E-state index contributed by atoms with van der Waals surface area (Å²) in [6, 6.07) is 8.90. The lowest BCUT2D eigenvalue weighted by molar-refractivity contribution is 0.415. The van der Waals surface area contributed by atoms with E-state index in [4.69, 9.17) is 7.48 Å². The molecule has 0 spiro atoms. The molecule has 0 heterocycles. The van der Waals surface area contributed by atoms with Crippen molar-refractivity contribution in [2.75, 3.05) is 7.06 Å². The topological polar surface area (TPSA) is 9.23 Å². The zero-order valence-corrected chi connectivity index (χ0v) is 4.37. The van der Waals surface area contributed by atoms with Crippen LogP contribution in [-0.4, -0.2) is 7.06 Å². The van der Waals surface area contributed by atoms with E-state index < -0.39 is 7.06 Å². The van der Waals surface area contributed by atoms with Crippen LogP contribution in [0.4, 0.5) is 0 Å². The van der Waals surface area contributed by atoms with Crippen molar-refractivity contribution in [3.05, 3.63) is 30.3 Å².